The van der Waals surface area contributed by atoms with Crippen LogP contribution in [0, 0.1) is 0 Å². The molecule has 1 fully saturated rings. The van der Waals surface area contributed by atoms with Gasteiger partial charge in [0.1, 0.15) is 0 Å². The lowest BCUT2D eigenvalue weighted by Gasteiger charge is -2.42. The van der Waals surface area contributed by atoms with E-state index < -0.39 is 0 Å². The first-order chi connectivity index (χ1) is 9.42. The molecule has 3 nitrogen and oxygen atoms in total. The van der Waals surface area contributed by atoms with Crippen molar-refractivity contribution in [1.29, 1.82) is 0 Å². The summed E-state index contributed by atoms with van der Waals surface area (Å²) in [5.41, 5.74) is 8.17. The Hall–Kier alpha value is -1.06. The predicted octanol–water partition coefficient (Wildman–Crippen LogP) is 2.57. The first-order valence-electron chi connectivity index (χ1n) is 7.75. The average molecular weight is 275 g/mol. The van der Waals surface area contributed by atoms with Gasteiger partial charge in [0.15, 0.2) is 0 Å². The number of benzene rings is 1. The first kappa shape index (κ1) is 15.3. The molecule has 0 spiro atoms. The van der Waals surface area contributed by atoms with Gasteiger partial charge in [0.25, 0.3) is 0 Å². The Morgan fingerprint density at radius 1 is 1.20 bits per heavy atom. The lowest BCUT2D eigenvalue weighted by molar-refractivity contribution is 0.0754. The molecular formula is C17H29N3. The van der Waals surface area contributed by atoms with Crippen LogP contribution in [0.25, 0.3) is 0 Å². The molecule has 0 aliphatic carbocycles. The smallest absolute Gasteiger partial charge is 0.0314 e. The van der Waals surface area contributed by atoms with Gasteiger partial charge in [-0.05, 0) is 31.2 Å². The Bertz CT molecular complexity index is 424. The van der Waals surface area contributed by atoms with Gasteiger partial charge in [-0.25, -0.2) is 0 Å². The van der Waals surface area contributed by atoms with E-state index in [0.717, 1.165) is 18.8 Å². The molecule has 1 heterocycles. The molecule has 1 aromatic carbocycles. The third-order valence-electron chi connectivity index (χ3n) is 4.57. The van der Waals surface area contributed by atoms with Crippen LogP contribution in [-0.2, 0) is 5.41 Å². The molecule has 1 atom stereocenters. The maximum absolute atomic E-state index is 5.79. The Balaban J connectivity index is 2.00. The molecule has 0 radical (unpaired) electrons. The molecule has 0 aromatic heterocycles. The SMILES string of the molecule is CCN1CCN(CC(C)(C)c2ccc(N)cc2)CC1C. The molecule has 1 saturated heterocycles. The summed E-state index contributed by atoms with van der Waals surface area (Å²) < 4.78 is 0. The van der Waals surface area contributed by atoms with Crippen LogP contribution in [0.3, 0.4) is 0 Å². The van der Waals surface area contributed by atoms with Crippen LogP contribution in [0.1, 0.15) is 33.3 Å². The highest BCUT2D eigenvalue weighted by atomic mass is 15.3. The molecule has 2 N–H and O–H groups in total. The second-order valence-electron chi connectivity index (χ2n) is 6.72. The van der Waals surface area contributed by atoms with Crippen molar-refractivity contribution in [3.63, 3.8) is 0 Å². The molecule has 1 unspecified atom stereocenters. The lowest BCUT2D eigenvalue weighted by atomic mass is 9.83. The van der Waals surface area contributed by atoms with Crippen molar-refractivity contribution in [1.82, 2.24) is 9.80 Å². The second kappa shape index (κ2) is 6.15. The van der Waals surface area contributed by atoms with Crippen LogP contribution < -0.4 is 5.73 Å². The zero-order valence-corrected chi connectivity index (χ0v) is 13.4. The minimum atomic E-state index is 0.168. The molecule has 2 rings (SSSR count). The van der Waals surface area contributed by atoms with E-state index in [-0.39, 0.29) is 5.41 Å². The molecule has 1 aromatic rings. The summed E-state index contributed by atoms with van der Waals surface area (Å²) in [6, 6.07) is 9.02. The number of nitrogens with zero attached hydrogens (tertiary/aromatic N) is 2. The fourth-order valence-corrected chi connectivity index (χ4v) is 3.27. The summed E-state index contributed by atoms with van der Waals surface area (Å²) >= 11 is 0. The quantitative estimate of drug-likeness (QED) is 0.857. The van der Waals surface area contributed by atoms with Crippen LogP contribution in [0.4, 0.5) is 5.69 Å². The fraction of sp³-hybridized carbons (Fsp3) is 0.647. The normalized spacial score (nSPS) is 22.1. The Morgan fingerprint density at radius 3 is 2.40 bits per heavy atom. The molecule has 0 saturated carbocycles. The van der Waals surface area contributed by atoms with Gasteiger partial charge in [-0.2, -0.15) is 0 Å². The van der Waals surface area contributed by atoms with E-state index in [1.165, 1.54) is 25.2 Å². The van der Waals surface area contributed by atoms with E-state index in [1.807, 2.05) is 12.1 Å². The standard InChI is InChI=1S/C17H29N3/c1-5-20-11-10-19(12-14(20)2)13-17(3,4)15-6-8-16(18)9-7-15/h6-9,14H,5,10-13,18H2,1-4H3. The van der Waals surface area contributed by atoms with Crippen LogP contribution in [0.2, 0.25) is 0 Å². The van der Waals surface area contributed by atoms with E-state index in [9.17, 15) is 0 Å². The van der Waals surface area contributed by atoms with E-state index in [4.69, 9.17) is 5.73 Å². The number of anilines is 1. The highest BCUT2D eigenvalue weighted by Crippen LogP contribution is 2.26. The number of nitrogens with two attached hydrogens (primary N) is 1. The van der Waals surface area contributed by atoms with E-state index in [1.54, 1.807) is 0 Å². The summed E-state index contributed by atoms with van der Waals surface area (Å²) in [7, 11) is 0. The summed E-state index contributed by atoms with van der Waals surface area (Å²) in [6.45, 7) is 15.1. The monoisotopic (exact) mass is 275 g/mol. The molecule has 1 aliphatic rings. The summed E-state index contributed by atoms with van der Waals surface area (Å²) in [6.07, 6.45) is 0. The van der Waals surface area contributed by atoms with Crippen LogP contribution in [0.5, 0.6) is 0 Å². The maximum Gasteiger partial charge on any atom is 0.0314 e. The Labute approximate surface area is 123 Å². The fourth-order valence-electron chi connectivity index (χ4n) is 3.27. The number of hydrogen-bond acceptors (Lipinski definition) is 3. The Morgan fingerprint density at radius 2 is 1.85 bits per heavy atom. The van der Waals surface area contributed by atoms with Crippen LogP contribution in [-0.4, -0.2) is 48.6 Å². The van der Waals surface area contributed by atoms with Crippen molar-refractivity contribution in [3.05, 3.63) is 29.8 Å². The van der Waals surface area contributed by atoms with Gasteiger partial charge in [-0.3, -0.25) is 9.80 Å². The third kappa shape index (κ3) is 3.53. The van der Waals surface area contributed by atoms with Gasteiger partial charge >= 0.3 is 0 Å². The molecule has 0 bridgehead atoms. The second-order valence-corrected chi connectivity index (χ2v) is 6.72. The molecular weight excluding hydrogens is 246 g/mol. The third-order valence-corrected chi connectivity index (χ3v) is 4.57. The van der Waals surface area contributed by atoms with Crippen molar-refractivity contribution in [2.75, 3.05) is 38.5 Å². The molecule has 20 heavy (non-hydrogen) atoms. The van der Waals surface area contributed by atoms with Crippen molar-refractivity contribution < 1.29 is 0 Å². The van der Waals surface area contributed by atoms with E-state index in [0.29, 0.717) is 6.04 Å². The predicted molar refractivity (Wildman–Crippen MR) is 87.0 cm³/mol. The van der Waals surface area contributed by atoms with Gasteiger partial charge < -0.3 is 5.73 Å². The molecule has 112 valence electrons. The van der Waals surface area contributed by atoms with Gasteiger partial charge in [-0.1, -0.05) is 32.9 Å². The minimum Gasteiger partial charge on any atom is -0.399 e. The Kier molecular flexibility index (Phi) is 4.71. The molecule has 1 aliphatic heterocycles. The van der Waals surface area contributed by atoms with E-state index in [2.05, 4.69) is 49.6 Å². The van der Waals surface area contributed by atoms with Crippen molar-refractivity contribution in [2.24, 2.45) is 0 Å². The van der Waals surface area contributed by atoms with E-state index >= 15 is 0 Å². The van der Waals surface area contributed by atoms with Gasteiger partial charge in [-0.15, -0.1) is 0 Å². The van der Waals surface area contributed by atoms with Gasteiger partial charge in [0.2, 0.25) is 0 Å². The summed E-state index contributed by atoms with van der Waals surface area (Å²) in [5.74, 6) is 0. The maximum atomic E-state index is 5.79. The largest absolute Gasteiger partial charge is 0.399 e. The summed E-state index contributed by atoms with van der Waals surface area (Å²) in [5, 5.41) is 0. The van der Waals surface area contributed by atoms with Gasteiger partial charge in [0, 0.05) is 43.3 Å². The lowest BCUT2D eigenvalue weighted by Crippen LogP contribution is -2.54. The highest BCUT2D eigenvalue weighted by molar-refractivity contribution is 5.41. The van der Waals surface area contributed by atoms with Crippen molar-refractivity contribution in [3.8, 4) is 0 Å². The van der Waals surface area contributed by atoms with Crippen molar-refractivity contribution in [2.45, 2.75) is 39.2 Å². The average Bonchev–Trinajstić information content (AvgIpc) is 2.39. The first-order valence-corrected chi connectivity index (χ1v) is 7.75. The number of likely N-dealkylation sites (N-methyl/N-ethyl adjacent to an activating group) is 1. The van der Waals surface area contributed by atoms with Gasteiger partial charge in [0.05, 0.1) is 0 Å². The zero-order chi connectivity index (χ0) is 14.8. The number of rotatable bonds is 4. The van der Waals surface area contributed by atoms with Crippen LogP contribution in [0.15, 0.2) is 24.3 Å². The minimum absolute atomic E-state index is 0.168. The zero-order valence-electron chi connectivity index (χ0n) is 13.4. The van der Waals surface area contributed by atoms with Crippen LogP contribution >= 0.6 is 0 Å². The molecule has 3 heteroatoms. The molecule has 0 amide bonds. The number of piperazine rings is 1. The summed E-state index contributed by atoms with van der Waals surface area (Å²) in [4.78, 5) is 5.17. The topological polar surface area (TPSA) is 32.5 Å². The highest BCUT2D eigenvalue weighted by Gasteiger charge is 2.28. The number of hydrogen-bond donors (Lipinski definition) is 1. The number of nitrogen functional groups attached to an aromatic ring is 1. The van der Waals surface area contributed by atoms with Crippen molar-refractivity contribution >= 4 is 5.69 Å².